The van der Waals surface area contributed by atoms with Crippen LogP contribution in [0.1, 0.15) is 10.9 Å². The molecular weight excluding hydrogens is 369 g/mol. The van der Waals surface area contributed by atoms with Crippen LogP contribution in [0.15, 0.2) is 36.4 Å². The van der Waals surface area contributed by atoms with Crippen molar-refractivity contribution < 1.29 is 14.3 Å². The summed E-state index contributed by atoms with van der Waals surface area (Å²) in [5, 5.41) is 0.891. The van der Waals surface area contributed by atoms with Crippen molar-refractivity contribution in [3.63, 3.8) is 0 Å². The lowest BCUT2D eigenvalue weighted by Crippen LogP contribution is -2.27. The van der Waals surface area contributed by atoms with Gasteiger partial charge in [-0.15, -0.1) is 11.8 Å². The first-order chi connectivity index (χ1) is 11.5. The molecule has 7 heteroatoms. The van der Waals surface area contributed by atoms with Crippen molar-refractivity contribution in [2.45, 2.75) is 5.37 Å². The smallest absolute Gasteiger partial charge is 0.238 e. The Kier molecular flexibility index (Phi) is 5.13. The van der Waals surface area contributed by atoms with Crippen molar-refractivity contribution in [3.8, 4) is 11.5 Å². The zero-order valence-electron chi connectivity index (χ0n) is 13.1. The van der Waals surface area contributed by atoms with Gasteiger partial charge in [-0.05, 0) is 42.0 Å². The maximum Gasteiger partial charge on any atom is 0.238 e. The summed E-state index contributed by atoms with van der Waals surface area (Å²) >= 11 is 13.8. The van der Waals surface area contributed by atoms with Crippen LogP contribution in [0.5, 0.6) is 11.5 Å². The van der Waals surface area contributed by atoms with Gasteiger partial charge < -0.3 is 9.47 Å². The highest BCUT2D eigenvalue weighted by Gasteiger charge is 2.35. The number of nitrogens with zero attached hydrogens (tertiary/aromatic N) is 1. The van der Waals surface area contributed by atoms with Gasteiger partial charge in [0.15, 0.2) is 11.5 Å². The average molecular weight is 384 g/mol. The quantitative estimate of drug-likeness (QED) is 0.760. The summed E-state index contributed by atoms with van der Waals surface area (Å²) in [5.74, 6) is 1.46. The zero-order valence-corrected chi connectivity index (χ0v) is 15.4. The lowest BCUT2D eigenvalue weighted by molar-refractivity contribution is -0.115. The summed E-state index contributed by atoms with van der Waals surface area (Å²) in [6.07, 6.45) is 0. The van der Waals surface area contributed by atoms with Crippen molar-refractivity contribution in [3.05, 3.63) is 52.0 Å². The zero-order chi connectivity index (χ0) is 17.3. The van der Waals surface area contributed by atoms with Crippen LogP contribution in [0.3, 0.4) is 0 Å². The van der Waals surface area contributed by atoms with E-state index in [0.717, 1.165) is 11.3 Å². The van der Waals surface area contributed by atoms with Crippen molar-refractivity contribution >= 4 is 46.6 Å². The summed E-state index contributed by atoms with van der Waals surface area (Å²) < 4.78 is 10.6. The fourth-order valence-electron chi connectivity index (χ4n) is 2.63. The average Bonchev–Trinajstić information content (AvgIpc) is 2.96. The van der Waals surface area contributed by atoms with Crippen LogP contribution >= 0.6 is 35.0 Å². The van der Waals surface area contributed by atoms with Crippen LogP contribution in [0, 0.1) is 0 Å². The first-order valence-corrected chi connectivity index (χ1v) is 8.96. The molecule has 0 saturated carbocycles. The SMILES string of the molecule is COc1cc([C@H]2SCC(=O)N2c2ccc(Cl)cc2)cc(Cl)c1OC. The molecule has 4 nitrogen and oxygen atoms in total. The number of amides is 1. The van der Waals surface area contributed by atoms with Gasteiger partial charge in [-0.2, -0.15) is 0 Å². The molecule has 0 radical (unpaired) electrons. The Morgan fingerprint density at radius 2 is 1.83 bits per heavy atom. The number of methoxy groups -OCH3 is 2. The lowest BCUT2D eigenvalue weighted by Gasteiger charge is -2.25. The number of carbonyl (C=O) groups excluding carboxylic acids is 1. The maximum atomic E-state index is 12.4. The fraction of sp³-hybridized carbons (Fsp3) is 0.235. The number of thioether (sulfide) groups is 1. The molecule has 0 aromatic heterocycles. The molecule has 1 fully saturated rings. The highest BCUT2D eigenvalue weighted by atomic mass is 35.5. The normalized spacial score (nSPS) is 17.2. The molecule has 0 bridgehead atoms. The predicted molar refractivity (Wildman–Crippen MR) is 98.7 cm³/mol. The molecule has 3 rings (SSSR count). The number of ether oxygens (including phenoxy) is 2. The van der Waals surface area contributed by atoms with Crippen LogP contribution in [0.25, 0.3) is 0 Å². The summed E-state index contributed by atoms with van der Waals surface area (Å²) in [7, 11) is 3.10. The van der Waals surface area contributed by atoms with Crippen molar-refractivity contribution in [1.29, 1.82) is 0 Å². The second-order valence-corrected chi connectivity index (χ2v) is 7.05. The number of hydrogen-bond donors (Lipinski definition) is 0. The minimum absolute atomic E-state index is 0.0400. The lowest BCUT2D eigenvalue weighted by atomic mass is 10.1. The number of hydrogen-bond acceptors (Lipinski definition) is 4. The van der Waals surface area contributed by atoms with Gasteiger partial charge in [-0.3, -0.25) is 9.69 Å². The van der Waals surface area contributed by atoms with Gasteiger partial charge in [-0.1, -0.05) is 23.2 Å². The molecule has 24 heavy (non-hydrogen) atoms. The van der Waals surface area contributed by atoms with E-state index in [0.29, 0.717) is 27.3 Å². The Morgan fingerprint density at radius 1 is 1.12 bits per heavy atom. The van der Waals surface area contributed by atoms with Gasteiger partial charge >= 0.3 is 0 Å². The molecule has 1 aliphatic heterocycles. The van der Waals surface area contributed by atoms with Gasteiger partial charge in [0.25, 0.3) is 0 Å². The van der Waals surface area contributed by atoms with Gasteiger partial charge in [0.05, 0.1) is 25.0 Å². The molecule has 1 amide bonds. The summed E-state index contributed by atoms with van der Waals surface area (Å²) in [6, 6.07) is 10.9. The standard InChI is InChI=1S/C17H15Cl2NO3S/c1-22-14-8-10(7-13(19)16(14)23-2)17-20(15(21)9-24-17)12-5-3-11(18)4-6-12/h3-8,17H,9H2,1-2H3/t17-/m1/s1. The predicted octanol–water partition coefficient (Wildman–Crippen LogP) is 4.79. The number of anilines is 1. The number of benzene rings is 2. The molecule has 1 atom stereocenters. The maximum absolute atomic E-state index is 12.4. The largest absolute Gasteiger partial charge is 0.493 e. The Morgan fingerprint density at radius 3 is 2.46 bits per heavy atom. The van der Waals surface area contributed by atoms with E-state index in [1.165, 1.54) is 7.11 Å². The molecule has 2 aromatic carbocycles. The third-order valence-corrected chi connectivity index (χ3v) is 5.46. The van der Waals surface area contributed by atoms with Crippen LogP contribution in [0.4, 0.5) is 5.69 Å². The molecule has 0 spiro atoms. The van der Waals surface area contributed by atoms with Crippen LogP contribution in [0.2, 0.25) is 10.0 Å². The molecule has 1 aliphatic rings. The van der Waals surface area contributed by atoms with Crippen molar-refractivity contribution in [2.24, 2.45) is 0 Å². The first kappa shape index (κ1) is 17.3. The summed E-state index contributed by atoms with van der Waals surface area (Å²) in [5.41, 5.74) is 1.67. The molecule has 1 saturated heterocycles. The van der Waals surface area contributed by atoms with Crippen molar-refractivity contribution in [1.82, 2.24) is 0 Å². The minimum atomic E-state index is -0.184. The minimum Gasteiger partial charge on any atom is -0.493 e. The fourth-order valence-corrected chi connectivity index (χ4v) is 4.21. The van der Waals surface area contributed by atoms with Crippen molar-refractivity contribution in [2.75, 3.05) is 24.9 Å². The summed E-state index contributed by atoms with van der Waals surface area (Å²) in [4.78, 5) is 14.1. The van der Waals surface area contributed by atoms with E-state index in [1.54, 1.807) is 35.9 Å². The topological polar surface area (TPSA) is 38.8 Å². The Labute approximate surface area is 154 Å². The molecule has 1 heterocycles. The molecule has 126 valence electrons. The van der Waals surface area contributed by atoms with E-state index in [2.05, 4.69) is 0 Å². The first-order valence-electron chi connectivity index (χ1n) is 7.15. The highest BCUT2D eigenvalue weighted by molar-refractivity contribution is 8.00. The van der Waals surface area contributed by atoms with E-state index in [9.17, 15) is 4.79 Å². The van der Waals surface area contributed by atoms with Crippen LogP contribution in [-0.2, 0) is 4.79 Å². The monoisotopic (exact) mass is 383 g/mol. The molecular formula is C17H15Cl2NO3S. The third-order valence-electron chi connectivity index (χ3n) is 3.71. The van der Waals surface area contributed by atoms with E-state index in [4.69, 9.17) is 32.7 Å². The van der Waals surface area contributed by atoms with E-state index in [1.807, 2.05) is 24.3 Å². The number of rotatable bonds is 4. The van der Waals surface area contributed by atoms with Gasteiger partial charge in [0.2, 0.25) is 5.91 Å². The van der Waals surface area contributed by atoms with Gasteiger partial charge in [0.1, 0.15) is 5.37 Å². The van der Waals surface area contributed by atoms with E-state index < -0.39 is 0 Å². The Bertz CT molecular complexity index is 767. The van der Waals surface area contributed by atoms with Gasteiger partial charge in [0, 0.05) is 10.7 Å². The Hall–Kier alpha value is -1.56. The molecule has 0 N–H and O–H groups in total. The third kappa shape index (κ3) is 3.16. The summed E-state index contributed by atoms with van der Waals surface area (Å²) in [6.45, 7) is 0. The molecule has 0 aliphatic carbocycles. The second-order valence-electron chi connectivity index (χ2n) is 5.14. The van der Waals surface area contributed by atoms with Crippen LogP contribution < -0.4 is 14.4 Å². The second kappa shape index (κ2) is 7.13. The molecule has 2 aromatic rings. The highest BCUT2D eigenvalue weighted by Crippen LogP contribution is 2.46. The van der Waals surface area contributed by atoms with E-state index in [-0.39, 0.29) is 11.3 Å². The molecule has 0 unspecified atom stereocenters. The number of halogens is 2. The van der Waals surface area contributed by atoms with Crippen LogP contribution in [-0.4, -0.2) is 25.9 Å². The Balaban J connectivity index is 2.03. The van der Waals surface area contributed by atoms with E-state index >= 15 is 0 Å². The number of carbonyl (C=O) groups is 1. The van der Waals surface area contributed by atoms with Gasteiger partial charge in [-0.25, -0.2) is 0 Å².